The van der Waals surface area contributed by atoms with Gasteiger partial charge in [-0.1, -0.05) is 36.4 Å². The van der Waals surface area contributed by atoms with E-state index in [1.54, 1.807) is 30.5 Å². The Morgan fingerprint density at radius 1 is 0.778 bits per heavy atom. The van der Waals surface area contributed by atoms with Gasteiger partial charge in [-0.05, 0) is 24.3 Å². The Labute approximate surface area is 155 Å². The first-order valence-electron chi connectivity index (χ1n) is 8.11. The zero-order valence-electron chi connectivity index (χ0n) is 14.5. The molecule has 0 unspecified atom stereocenters. The molecule has 4 aromatic rings. The van der Waals surface area contributed by atoms with E-state index >= 15 is 0 Å². The minimum atomic E-state index is -0.918. The first-order chi connectivity index (χ1) is 13.1. The van der Waals surface area contributed by atoms with Gasteiger partial charge in [0.1, 0.15) is 0 Å². The maximum Gasteiger partial charge on any atom is 0.338 e. The number of carboxylic acids is 1. The summed E-state index contributed by atoms with van der Waals surface area (Å²) in [4.78, 5) is 30.4. The average Bonchev–Trinajstić information content (AvgIpc) is 2.72. The molecule has 134 valence electrons. The van der Waals surface area contributed by atoms with E-state index in [0.717, 1.165) is 10.9 Å². The number of carbonyl (C=O) groups is 2. The van der Waals surface area contributed by atoms with Crippen LogP contribution in [-0.2, 0) is 4.74 Å². The number of carboxylic acid groups (broad SMARTS) is 1. The highest BCUT2D eigenvalue weighted by Gasteiger charge is 2.09. The maximum absolute atomic E-state index is 11.4. The lowest BCUT2D eigenvalue weighted by Gasteiger charge is -2.02. The molecule has 0 fully saturated rings. The van der Waals surface area contributed by atoms with Crippen LogP contribution in [0.25, 0.3) is 21.8 Å². The second-order valence-electron chi connectivity index (χ2n) is 5.55. The van der Waals surface area contributed by atoms with E-state index in [1.165, 1.54) is 19.4 Å². The Morgan fingerprint density at radius 2 is 1.26 bits per heavy atom. The summed E-state index contributed by atoms with van der Waals surface area (Å²) in [5.41, 5.74) is 2.36. The van der Waals surface area contributed by atoms with Gasteiger partial charge in [0, 0.05) is 23.2 Å². The summed E-state index contributed by atoms with van der Waals surface area (Å²) in [5, 5.41) is 10.4. The molecule has 0 amide bonds. The molecule has 0 aliphatic carbocycles. The highest BCUT2D eigenvalue weighted by molar-refractivity contribution is 6.03. The van der Waals surface area contributed by atoms with Gasteiger partial charge in [0.25, 0.3) is 0 Å². The Balaban J connectivity index is 0.000000156. The van der Waals surface area contributed by atoms with Crippen molar-refractivity contribution in [3.05, 3.63) is 84.2 Å². The van der Waals surface area contributed by atoms with Gasteiger partial charge in [0.2, 0.25) is 0 Å². The summed E-state index contributed by atoms with van der Waals surface area (Å²) in [7, 11) is 1.37. The van der Waals surface area contributed by atoms with E-state index < -0.39 is 5.97 Å². The lowest BCUT2D eigenvalue weighted by molar-refractivity contribution is 0.0602. The molecule has 0 aliphatic rings. The highest BCUT2D eigenvalue weighted by Crippen LogP contribution is 2.17. The molecule has 0 bridgehead atoms. The Morgan fingerprint density at radius 3 is 1.78 bits per heavy atom. The van der Waals surface area contributed by atoms with E-state index in [9.17, 15) is 9.59 Å². The predicted molar refractivity (Wildman–Crippen MR) is 102 cm³/mol. The van der Waals surface area contributed by atoms with E-state index in [-0.39, 0.29) is 5.97 Å². The number of aromatic carboxylic acids is 1. The minimum absolute atomic E-state index is 0.297. The molecule has 6 heteroatoms. The van der Waals surface area contributed by atoms with Crippen molar-refractivity contribution in [1.82, 2.24) is 9.97 Å². The zero-order chi connectivity index (χ0) is 19.2. The third-order valence-electron chi connectivity index (χ3n) is 3.93. The molecule has 2 aromatic heterocycles. The number of benzene rings is 2. The maximum atomic E-state index is 11.4. The molecule has 1 N–H and O–H groups in total. The van der Waals surface area contributed by atoms with Crippen LogP contribution in [0.2, 0.25) is 0 Å². The lowest BCUT2D eigenvalue weighted by Crippen LogP contribution is -2.02. The van der Waals surface area contributed by atoms with Crippen LogP contribution in [0.3, 0.4) is 0 Å². The molecule has 2 heterocycles. The van der Waals surface area contributed by atoms with Crippen molar-refractivity contribution in [2.75, 3.05) is 7.11 Å². The quantitative estimate of drug-likeness (QED) is 0.544. The smallest absolute Gasteiger partial charge is 0.338 e. The number of hydrogen-bond donors (Lipinski definition) is 1. The number of para-hydroxylation sites is 2. The monoisotopic (exact) mass is 360 g/mol. The van der Waals surface area contributed by atoms with E-state index in [0.29, 0.717) is 22.0 Å². The molecule has 0 saturated carbocycles. The van der Waals surface area contributed by atoms with Crippen molar-refractivity contribution >= 4 is 33.7 Å². The molecule has 6 nitrogen and oxygen atoms in total. The molecular formula is C21H16N2O4. The normalized spacial score (nSPS) is 10.1. The number of aromatic nitrogens is 2. The lowest BCUT2D eigenvalue weighted by atomic mass is 10.1. The van der Waals surface area contributed by atoms with Gasteiger partial charge in [-0.3, -0.25) is 9.97 Å². The van der Waals surface area contributed by atoms with Crippen molar-refractivity contribution in [3.8, 4) is 0 Å². The fourth-order valence-electron chi connectivity index (χ4n) is 2.67. The minimum Gasteiger partial charge on any atom is -0.478 e. The van der Waals surface area contributed by atoms with Crippen LogP contribution in [0.4, 0.5) is 0 Å². The Bertz CT molecular complexity index is 1110. The van der Waals surface area contributed by atoms with E-state index in [2.05, 4.69) is 14.7 Å². The molecular weight excluding hydrogens is 344 g/mol. The van der Waals surface area contributed by atoms with E-state index in [4.69, 9.17) is 5.11 Å². The fraction of sp³-hybridized carbons (Fsp3) is 0.0476. The topological polar surface area (TPSA) is 89.4 Å². The first kappa shape index (κ1) is 18.0. The van der Waals surface area contributed by atoms with Crippen molar-refractivity contribution in [2.45, 2.75) is 0 Å². The largest absolute Gasteiger partial charge is 0.478 e. The van der Waals surface area contributed by atoms with Crippen LogP contribution in [0.1, 0.15) is 20.7 Å². The second-order valence-corrected chi connectivity index (χ2v) is 5.55. The number of fused-ring (bicyclic) bond motifs is 2. The van der Waals surface area contributed by atoms with Crippen molar-refractivity contribution < 1.29 is 19.4 Å². The summed E-state index contributed by atoms with van der Waals surface area (Å²) < 4.78 is 4.68. The molecule has 0 saturated heterocycles. The number of hydrogen-bond acceptors (Lipinski definition) is 5. The molecule has 0 radical (unpaired) electrons. The second kappa shape index (κ2) is 8.05. The van der Waals surface area contributed by atoms with E-state index in [1.807, 2.05) is 30.3 Å². The van der Waals surface area contributed by atoms with Crippen LogP contribution in [-0.4, -0.2) is 34.1 Å². The van der Waals surface area contributed by atoms with Gasteiger partial charge < -0.3 is 9.84 Å². The number of esters is 1. The van der Waals surface area contributed by atoms with Crippen LogP contribution in [0.5, 0.6) is 0 Å². The molecule has 2 aromatic carbocycles. The summed E-state index contributed by atoms with van der Waals surface area (Å²) in [6, 6.07) is 17.8. The van der Waals surface area contributed by atoms with Gasteiger partial charge in [-0.15, -0.1) is 0 Å². The van der Waals surface area contributed by atoms with Gasteiger partial charge in [0.15, 0.2) is 0 Å². The number of rotatable bonds is 2. The fourth-order valence-corrected chi connectivity index (χ4v) is 2.67. The van der Waals surface area contributed by atoms with Crippen LogP contribution < -0.4 is 0 Å². The van der Waals surface area contributed by atoms with Gasteiger partial charge in [-0.25, -0.2) is 9.59 Å². The number of carbonyl (C=O) groups excluding carboxylic acids is 1. The number of methoxy groups -OCH3 is 1. The summed E-state index contributed by atoms with van der Waals surface area (Å²) >= 11 is 0. The molecule has 4 rings (SSSR count). The summed E-state index contributed by atoms with van der Waals surface area (Å²) in [6.45, 7) is 0. The third kappa shape index (κ3) is 3.90. The van der Waals surface area contributed by atoms with Crippen molar-refractivity contribution in [1.29, 1.82) is 0 Å². The molecule has 27 heavy (non-hydrogen) atoms. The van der Waals surface area contributed by atoms with Crippen LogP contribution in [0.15, 0.2) is 73.1 Å². The Hall–Kier alpha value is -3.80. The van der Waals surface area contributed by atoms with Crippen LogP contribution in [0, 0.1) is 0 Å². The van der Waals surface area contributed by atoms with Crippen molar-refractivity contribution in [2.24, 2.45) is 0 Å². The van der Waals surface area contributed by atoms with Crippen molar-refractivity contribution in [3.63, 3.8) is 0 Å². The molecule has 0 spiro atoms. The molecule has 0 atom stereocenters. The number of nitrogens with zero attached hydrogens (tertiary/aromatic N) is 2. The first-order valence-corrected chi connectivity index (χ1v) is 8.11. The van der Waals surface area contributed by atoms with Gasteiger partial charge in [-0.2, -0.15) is 0 Å². The molecule has 0 aliphatic heterocycles. The SMILES string of the molecule is COC(=O)c1ccnc2ccccc12.O=C(O)c1ccnc2ccccc12. The van der Waals surface area contributed by atoms with Gasteiger partial charge in [0.05, 0.1) is 29.3 Å². The number of pyridine rings is 2. The van der Waals surface area contributed by atoms with Crippen LogP contribution >= 0.6 is 0 Å². The average molecular weight is 360 g/mol. The predicted octanol–water partition coefficient (Wildman–Crippen LogP) is 3.95. The summed E-state index contributed by atoms with van der Waals surface area (Å²) in [6.07, 6.45) is 3.11. The third-order valence-corrected chi connectivity index (χ3v) is 3.93. The highest BCUT2D eigenvalue weighted by atomic mass is 16.5. The zero-order valence-corrected chi connectivity index (χ0v) is 14.5. The standard InChI is InChI=1S/C11H9NO2.C10H7NO2/c1-14-11(13)9-6-7-12-10-5-3-2-4-8(9)10;12-10(13)8-5-6-11-9-4-2-1-3-7(8)9/h2-7H,1H3;1-6H,(H,12,13). The van der Waals surface area contributed by atoms with Gasteiger partial charge >= 0.3 is 11.9 Å². The summed E-state index contributed by atoms with van der Waals surface area (Å²) in [5.74, 6) is -1.25. The number of ether oxygens (including phenoxy) is 1. The Kier molecular flexibility index (Phi) is 5.37.